The van der Waals surface area contributed by atoms with Crippen LogP contribution < -0.4 is 5.32 Å². The van der Waals surface area contributed by atoms with Crippen molar-refractivity contribution in [2.24, 2.45) is 5.92 Å². The van der Waals surface area contributed by atoms with Crippen molar-refractivity contribution in [3.8, 4) is 0 Å². The minimum Gasteiger partial charge on any atom is -0.340 e. The van der Waals surface area contributed by atoms with Gasteiger partial charge in [-0.25, -0.2) is 0 Å². The summed E-state index contributed by atoms with van der Waals surface area (Å²) >= 11 is 0. The molecule has 0 spiro atoms. The third-order valence-corrected chi connectivity index (χ3v) is 5.83. The summed E-state index contributed by atoms with van der Waals surface area (Å²) in [5.74, 6) is -0.417. The number of carbonyl (C=O) groups excluding carboxylic acids is 3. The van der Waals surface area contributed by atoms with Crippen molar-refractivity contribution in [3.05, 3.63) is 71.3 Å². The monoisotopic (exact) mass is 421 g/mol. The molecule has 3 amide bonds. The van der Waals surface area contributed by atoms with E-state index in [4.69, 9.17) is 0 Å². The Kier molecular flexibility index (Phi) is 7.10. The van der Waals surface area contributed by atoms with Gasteiger partial charge in [-0.3, -0.25) is 14.4 Å². The van der Waals surface area contributed by atoms with E-state index in [9.17, 15) is 14.4 Å². The van der Waals surface area contributed by atoms with Gasteiger partial charge in [-0.15, -0.1) is 0 Å². The van der Waals surface area contributed by atoms with Crippen LogP contribution in [0.4, 0.5) is 0 Å². The van der Waals surface area contributed by atoms with Gasteiger partial charge in [0.1, 0.15) is 6.04 Å². The maximum Gasteiger partial charge on any atom is 0.254 e. The zero-order chi connectivity index (χ0) is 22.5. The van der Waals surface area contributed by atoms with Gasteiger partial charge in [-0.05, 0) is 43.5 Å². The maximum atomic E-state index is 13.3. The van der Waals surface area contributed by atoms with Crippen molar-refractivity contribution < 1.29 is 14.4 Å². The number of carbonyl (C=O) groups is 3. The first kappa shape index (κ1) is 22.5. The summed E-state index contributed by atoms with van der Waals surface area (Å²) in [4.78, 5) is 42.5. The van der Waals surface area contributed by atoms with Gasteiger partial charge in [0, 0.05) is 36.8 Å². The first-order valence-electron chi connectivity index (χ1n) is 10.8. The Hall–Kier alpha value is -3.15. The number of hydrogen-bond donors (Lipinski definition) is 1. The van der Waals surface area contributed by atoms with Crippen LogP contribution >= 0.6 is 0 Å². The molecule has 3 rings (SSSR count). The van der Waals surface area contributed by atoms with E-state index in [1.807, 2.05) is 81.1 Å². The van der Waals surface area contributed by atoms with Crippen LogP contribution in [0.5, 0.6) is 0 Å². The molecule has 1 aliphatic heterocycles. The Morgan fingerprint density at radius 2 is 1.61 bits per heavy atom. The highest BCUT2D eigenvalue weighted by atomic mass is 16.2. The van der Waals surface area contributed by atoms with Crippen LogP contribution in [0.15, 0.2) is 54.6 Å². The molecule has 2 atom stereocenters. The summed E-state index contributed by atoms with van der Waals surface area (Å²) in [5, 5.41) is 2.93. The van der Waals surface area contributed by atoms with Crippen LogP contribution in [0.25, 0.3) is 0 Å². The van der Waals surface area contributed by atoms with Crippen LogP contribution in [0.2, 0.25) is 0 Å². The van der Waals surface area contributed by atoms with Crippen LogP contribution in [-0.4, -0.2) is 59.2 Å². The zero-order valence-electron chi connectivity index (χ0n) is 18.7. The highest BCUT2D eigenvalue weighted by Crippen LogP contribution is 2.17. The molecule has 1 heterocycles. The van der Waals surface area contributed by atoms with E-state index in [0.29, 0.717) is 30.8 Å². The molecule has 1 aliphatic rings. The lowest BCUT2D eigenvalue weighted by atomic mass is 10.00. The number of benzene rings is 2. The van der Waals surface area contributed by atoms with Gasteiger partial charge in [0.15, 0.2) is 0 Å². The Morgan fingerprint density at radius 3 is 2.23 bits per heavy atom. The number of rotatable bonds is 5. The standard InChI is InChI=1S/C25H31N3O3/c1-17(2)22(26-23(29)21-13-9-8-10-18(21)3)25(31)27-14-15-28(19(4)16-27)24(30)20-11-6-5-7-12-20/h5-13,17,19,22H,14-16H2,1-4H3,(H,26,29). The molecule has 2 unspecified atom stereocenters. The summed E-state index contributed by atoms with van der Waals surface area (Å²) < 4.78 is 0. The van der Waals surface area contributed by atoms with Crippen LogP contribution in [0.3, 0.4) is 0 Å². The second kappa shape index (κ2) is 9.77. The lowest BCUT2D eigenvalue weighted by Crippen LogP contribution is -2.59. The van der Waals surface area contributed by atoms with Gasteiger partial charge in [-0.1, -0.05) is 50.2 Å². The average molecular weight is 422 g/mol. The number of aryl methyl sites for hydroxylation is 1. The van der Waals surface area contributed by atoms with Gasteiger partial charge >= 0.3 is 0 Å². The highest BCUT2D eigenvalue weighted by molar-refractivity contribution is 5.99. The molecule has 31 heavy (non-hydrogen) atoms. The van der Waals surface area contributed by atoms with E-state index in [1.165, 1.54) is 0 Å². The van der Waals surface area contributed by atoms with Crippen molar-refractivity contribution in [2.45, 2.75) is 39.8 Å². The van der Waals surface area contributed by atoms with E-state index in [2.05, 4.69) is 5.32 Å². The van der Waals surface area contributed by atoms with Gasteiger partial charge < -0.3 is 15.1 Å². The van der Waals surface area contributed by atoms with E-state index in [1.54, 1.807) is 11.0 Å². The predicted molar refractivity (Wildman–Crippen MR) is 121 cm³/mol. The maximum absolute atomic E-state index is 13.3. The Balaban J connectivity index is 1.67. The lowest BCUT2D eigenvalue weighted by Gasteiger charge is -2.41. The first-order chi connectivity index (χ1) is 14.8. The van der Waals surface area contributed by atoms with Crippen LogP contribution in [-0.2, 0) is 4.79 Å². The van der Waals surface area contributed by atoms with Crippen molar-refractivity contribution in [2.75, 3.05) is 19.6 Å². The molecule has 164 valence electrons. The minimum absolute atomic E-state index is 0.0199. The molecular formula is C25H31N3O3. The molecular weight excluding hydrogens is 390 g/mol. The fourth-order valence-corrected chi connectivity index (χ4v) is 3.96. The first-order valence-corrected chi connectivity index (χ1v) is 10.8. The number of hydrogen-bond acceptors (Lipinski definition) is 3. The topological polar surface area (TPSA) is 69.7 Å². The summed E-state index contributed by atoms with van der Waals surface area (Å²) in [5.41, 5.74) is 2.10. The van der Waals surface area contributed by atoms with Crippen LogP contribution in [0, 0.1) is 12.8 Å². The summed E-state index contributed by atoms with van der Waals surface area (Å²) in [6, 6.07) is 15.8. The lowest BCUT2D eigenvalue weighted by molar-refractivity contribution is -0.136. The Labute approximate surface area is 184 Å². The molecule has 6 nitrogen and oxygen atoms in total. The third-order valence-electron chi connectivity index (χ3n) is 5.83. The molecule has 1 fully saturated rings. The molecule has 6 heteroatoms. The zero-order valence-corrected chi connectivity index (χ0v) is 18.7. The number of piperazine rings is 1. The molecule has 2 aromatic carbocycles. The minimum atomic E-state index is -0.615. The fourth-order valence-electron chi connectivity index (χ4n) is 3.96. The number of nitrogens with one attached hydrogen (secondary N) is 1. The third kappa shape index (κ3) is 5.13. The van der Waals surface area contributed by atoms with E-state index in [-0.39, 0.29) is 29.7 Å². The Morgan fingerprint density at radius 1 is 0.968 bits per heavy atom. The molecule has 0 aliphatic carbocycles. The smallest absolute Gasteiger partial charge is 0.254 e. The largest absolute Gasteiger partial charge is 0.340 e. The summed E-state index contributed by atoms with van der Waals surface area (Å²) in [7, 11) is 0. The molecule has 0 saturated carbocycles. The second-order valence-corrected chi connectivity index (χ2v) is 8.51. The summed E-state index contributed by atoms with van der Waals surface area (Å²) in [6.07, 6.45) is 0. The normalized spacial score (nSPS) is 17.4. The second-order valence-electron chi connectivity index (χ2n) is 8.51. The van der Waals surface area contributed by atoms with E-state index >= 15 is 0 Å². The predicted octanol–water partition coefficient (Wildman–Crippen LogP) is 3.12. The SMILES string of the molecule is Cc1ccccc1C(=O)NC(C(=O)N1CCN(C(=O)c2ccccc2)C(C)C1)C(C)C. The Bertz CT molecular complexity index is 942. The van der Waals surface area contributed by atoms with E-state index in [0.717, 1.165) is 5.56 Å². The van der Waals surface area contributed by atoms with E-state index < -0.39 is 6.04 Å². The molecule has 1 N–H and O–H groups in total. The molecule has 0 aromatic heterocycles. The van der Waals surface area contributed by atoms with Crippen molar-refractivity contribution in [1.29, 1.82) is 0 Å². The number of nitrogens with zero attached hydrogens (tertiary/aromatic N) is 2. The number of amides is 3. The highest BCUT2D eigenvalue weighted by Gasteiger charge is 2.35. The fraction of sp³-hybridized carbons (Fsp3) is 0.400. The van der Waals surface area contributed by atoms with Crippen LogP contribution in [0.1, 0.15) is 47.1 Å². The van der Waals surface area contributed by atoms with Crippen molar-refractivity contribution >= 4 is 17.7 Å². The summed E-state index contributed by atoms with van der Waals surface area (Å²) in [6.45, 7) is 9.06. The van der Waals surface area contributed by atoms with Crippen molar-refractivity contribution in [3.63, 3.8) is 0 Å². The molecule has 0 radical (unpaired) electrons. The van der Waals surface area contributed by atoms with Gasteiger partial charge in [0.2, 0.25) is 5.91 Å². The van der Waals surface area contributed by atoms with Gasteiger partial charge in [-0.2, -0.15) is 0 Å². The quantitative estimate of drug-likeness (QED) is 0.806. The molecule has 2 aromatic rings. The van der Waals surface area contributed by atoms with Gasteiger partial charge in [0.25, 0.3) is 11.8 Å². The van der Waals surface area contributed by atoms with Gasteiger partial charge in [0.05, 0.1) is 0 Å². The van der Waals surface area contributed by atoms with Crippen molar-refractivity contribution in [1.82, 2.24) is 15.1 Å². The molecule has 0 bridgehead atoms. The average Bonchev–Trinajstić information content (AvgIpc) is 2.77. The molecule has 1 saturated heterocycles.